The van der Waals surface area contributed by atoms with E-state index in [0.29, 0.717) is 36.8 Å². The number of carbonyl (C=O) groups excluding carboxylic acids is 2. The largest absolute Gasteiger partial charge is 0.497 e. The van der Waals surface area contributed by atoms with Crippen molar-refractivity contribution in [3.8, 4) is 11.5 Å². The number of ether oxygens (including phenoxy) is 2. The molecule has 3 aromatic rings. The van der Waals surface area contributed by atoms with Crippen molar-refractivity contribution >= 4 is 27.5 Å². The molecule has 0 aliphatic heterocycles. The van der Waals surface area contributed by atoms with Gasteiger partial charge in [0.25, 0.3) is 10.0 Å². The third-order valence-corrected chi connectivity index (χ3v) is 8.08. The molecule has 0 heterocycles. The average molecular weight is 568 g/mol. The number of anilines is 1. The number of rotatable bonds is 14. The van der Waals surface area contributed by atoms with E-state index >= 15 is 0 Å². The number of sulfonamides is 1. The van der Waals surface area contributed by atoms with Gasteiger partial charge >= 0.3 is 0 Å². The van der Waals surface area contributed by atoms with Crippen LogP contribution in [0.2, 0.25) is 0 Å². The van der Waals surface area contributed by atoms with Crippen LogP contribution >= 0.6 is 0 Å². The van der Waals surface area contributed by atoms with Gasteiger partial charge in [0.1, 0.15) is 24.1 Å². The first-order chi connectivity index (χ1) is 19.2. The molecule has 0 radical (unpaired) electrons. The Morgan fingerprint density at radius 1 is 0.875 bits per heavy atom. The smallest absolute Gasteiger partial charge is 0.264 e. The number of benzene rings is 3. The molecule has 1 atom stereocenters. The van der Waals surface area contributed by atoms with Crippen molar-refractivity contribution < 1.29 is 27.5 Å². The third-order valence-electron chi connectivity index (χ3n) is 6.29. The van der Waals surface area contributed by atoms with Crippen LogP contribution in [0.15, 0.2) is 83.8 Å². The summed E-state index contributed by atoms with van der Waals surface area (Å²) in [6.45, 7) is 5.95. The maximum absolute atomic E-state index is 14.0. The molecular formula is C30H37N3O6S. The zero-order chi connectivity index (χ0) is 29.1. The fraction of sp³-hybridized carbons (Fsp3) is 0.333. The van der Waals surface area contributed by atoms with Gasteiger partial charge in [0, 0.05) is 13.1 Å². The highest BCUT2D eigenvalue weighted by Crippen LogP contribution is 2.27. The van der Waals surface area contributed by atoms with Crippen molar-refractivity contribution in [3.63, 3.8) is 0 Å². The van der Waals surface area contributed by atoms with Gasteiger partial charge in [0.05, 0.1) is 24.3 Å². The second-order valence-corrected chi connectivity index (χ2v) is 10.8. The minimum absolute atomic E-state index is 0.0501. The van der Waals surface area contributed by atoms with E-state index in [9.17, 15) is 18.0 Å². The number of nitrogens with zero attached hydrogens (tertiary/aromatic N) is 2. The molecule has 2 amide bonds. The summed E-state index contributed by atoms with van der Waals surface area (Å²) in [7, 11) is -2.56. The van der Waals surface area contributed by atoms with Gasteiger partial charge in [-0.2, -0.15) is 0 Å². The van der Waals surface area contributed by atoms with E-state index in [-0.39, 0.29) is 17.3 Å². The van der Waals surface area contributed by atoms with Crippen LogP contribution in [0.4, 0.5) is 5.69 Å². The Bertz CT molecular complexity index is 1350. The van der Waals surface area contributed by atoms with Crippen molar-refractivity contribution in [1.29, 1.82) is 0 Å². The molecule has 0 spiro atoms. The maximum Gasteiger partial charge on any atom is 0.264 e. The second-order valence-electron chi connectivity index (χ2n) is 8.94. The summed E-state index contributed by atoms with van der Waals surface area (Å²) in [5.41, 5.74) is 1.08. The predicted molar refractivity (Wildman–Crippen MR) is 155 cm³/mol. The van der Waals surface area contributed by atoms with Crippen LogP contribution in [-0.4, -0.2) is 58.0 Å². The Labute approximate surface area is 236 Å². The molecule has 0 aliphatic carbocycles. The number of nitrogens with one attached hydrogen (secondary N) is 1. The summed E-state index contributed by atoms with van der Waals surface area (Å²) in [5.74, 6) is 0.429. The highest BCUT2D eigenvalue weighted by Gasteiger charge is 2.33. The fourth-order valence-corrected chi connectivity index (χ4v) is 5.70. The van der Waals surface area contributed by atoms with Crippen LogP contribution in [0.1, 0.15) is 32.8 Å². The fourth-order valence-electron chi connectivity index (χ4n) is 4.26. The summed E-state index contributed by atoms with van der Waals surface area (Å²) in [6, 6.07) is 20.9. The first-order valence-corrected chi connectivity index (χ1v) is 14.7. The van der Waals surface area contributed by atoms with Crippen LogP contribution < -0.4 is 19.1 Å². The molecule has 40 heavy (non-hydrogen) atoms. The van der Waals surface area contributed by atoms with Gasteiger partial charge in [-0.25, -0.2) is 8.42 Å². The minimum atomic E-state index is -4.12. The van der Waals surface area contributed by atoms with Gasteiger partial charge < -0.3 is 19.7 Å². The lowest BCUT2D eigenvalue weighted by Gasteiger charge is -2.33. The summed E-state index contributed by atoms with van der Waals surface area (Å²) in [5, 5.41) is 2.80. The number of amides is 2. The zero-order valence-electron chi connectivity index (χ0n) is 23.4. The van der Waals surface area contributed by atoms with E-state index in [1.165, 1.54) is 17.0 Å². The lowest BCUT2D eigenvalue weighted by Crippen LogP contribution is -2.52. The Kier molecular flexibility index (Phi) is 11.0. The highest BCUT2D eigenvalue weighted by atomic mass is 32.2. The molecule has 10 heteroatoms. The van der Waals surface area contributed by atoms with Crippen molar-refractivity contribution in [2.45, 2.75) is 44.7 Å². The van der Waals surface area contributed by atoms with Crippen LogP contribution in [0.3, 0.4) is 0 Å². The van der Waals surface area contributed by atoms with Crippen molar-refractivity contribution in [3.05, 3.63) is 84.4 Å². The quantitative estimate of drug-likeness (QED) is 0.313. The van der Waals surface area contributed by atoms with E-state index in [2.05, 4.69) is 5.32 Å². The Morgan fingerprint density at radius 3 is 2.05 bits per heavy atom. The molecule has 3 rings (SSSR count). The molecular weight excluding hydrogens is 530 g/mol. The molecule has 0 saturated heterocycles. The van der Waals surface area contributed by atoms with Gasteiger partial charge in [0.15, 0.2) is 0 Å². The molecule has 9 nitrogen and oxygen atoms in total. The van der Waals surface area contributed by atoms with Crippen molar-refractivity contribution in [2.75, 3.05) is 31.1 Å². The third kappa shape index (κ3) is 7.53. The Morgan fingerprint density at radius 2 is 1.50 bits per heavy atom. The van der Waals surface area contributed by atoms with E-state index < -0.39 is 28.5 Å². The predicted octanol–water partition coefficient (Wildman–Crippen LogP) is 4.23. The van der Waals surface area contributed by atoms with E-state index in [1.54, 1.807) is 68.6 Å². The molecule has 0 aliphatic rings. The van der Waals surface area contributed by atoms with Crippen LogP contribution in [0, 0.1) is 0 Å². The molecule has 1 unspecified atom stereocenters. The summed E-state index contributed by atoms with van der Waals surface area (Å²) < 4.78 is 39.5. The van der Waals surface area contributed by atoms with E-state index in [0.717, 1.165) is 9.87 Å². The SMILES string of the molecule is CCNC(=O)C(CC)N(Cc1ccc(OC)cc1)C(=O)CN(c1ccc(OCC)cc1)S(=O)(=O)c1ccccc1. The van der Waals surface area contributed by atoms with Gasteiger partial charge in [-0.1, -0.05) is 37.3 Å². The Hall–Kier alpha value is -4.05. The van der Waals surface area contributed by atoms with Crippen LogP contribution in [0.5, 0.6) is 11.5 Å². The lowest BCUT2D eigenvalue weighted by atomic mass is 10.1. The van der Waals surface area contributed by atoms with Gasteiger partial charge in [-0.3, -0.25) is 13.9 Å². The lowest BCUT2D eigenvalue weighted by molar-refractivity contribution is -0.140. The second kappa shape index (κ2) is 14.4. The maximum atomic E-state index is 14.0. The monoisotopic (exact) mass is 567 g/mol. The molecule has 0 bridgehead atoms. The summed E-state index contributed by atoms with van der Waals surface area (Å²) in [4.78, 5) is 28.5. The molecule has 214 valence electrons. The van der Waals surface area contributed by atoms with Gasteiger partial charge in [-0.15, -0.1) is 0 Å². The van der Waals surface area contributed by atoms with Crippen LogP contribution in [0.25, 0.3) is 0 Å². The van der Waals surface area contributed by atoms with Gasteiger partial charge in [-0.05, 0) is 74.4 Å². The van der Waals surface area contributed by atoms with Crippen LogP contribution in [-0.2, 0) is 26.2 Å². The first-order valence-electron chi connectivity index (χ1n) is 13.3. The van der Waals surface area contributed by atoms with Crippen molar-refractivity contribution in [1.82, 2.24) is 10.2 Å². The van der Waals surface area contributed by atoms with Crippen molar-refractivity contribution in [2.24, 2.45) is 0 Å². The molecule has 0 aromatic heterocycles. The highest BCUT2D eigenvalue weighted by molar-refractivity contribution is 7.92. The number of likely N-dealkylation sites (N-methyl/N-ethyl adjacent to an activating group) is 1. The molecule has 3 aromatic carbocycles. The average Bonchev–Trinajstić information content (AvgIpc) is 2.97. The minimum Gasteiger partial charge on any atom is -0.497 e. The topological polar surface area (TPSA) is 105 Å². The number of hydrogen-bond acceptors (Lipinski definition) is 6. The number of carbonyl (C=O) groups is 2. The Balaban J connectivity index is 2.03. The molecule has 1 N–H and O–H groups in total. The normalized spacial score (nSPS) is 11.8. The number of hydrogen-bond donors (Lipinski definition) is 1. The van der Waals surface area contributed by atoms with Gasteiger partial charge in [0.2, 0.25) is 11.8 Å². The zero-order valence-corrected chi connectivity index (χ0v) is 24.2. The standard InChI is InChI=1S/C30H37N3O6S/c1-5-28(30(35)31-6-2)32(21-23-13-17-25(38-4)18-14-23)29(34)22-33(24-15-19-26(20-16-24)39-7-3)40(36,37)27-11-9-8-10-12-27/h8-20,28H,5-7,21-22H2,1-4H3,(H,31,35). The summed E-state index contributed by atoms with van der Waals surface area (Å²) >= 11 is 0. The molecule has 0 saturated carbocycles. The molecule has 0 fully saturated rings. The number of methoxy groups -OCH3 is 1. The first kappa shape index (κ1) is 30.5. The summed E-state index contributed by atoms with van der Waals surface area (Å²) in [6.07, 6.45) is 0.349. The van der Waals surface area contributed by atoms with E-state index in [1.807, 2.05) is 26.0 Å². The van der Waals surface area contributed by atoms with E-state index in [4.69, 9.17) is 9.47 Å².